The van der Waals surface area contributed by atoms with Crippen molar-refractivity contribution in [3.05, 3.63) is 47.7 Å². The first-order valence-electron chi connectivity index (χ1n) is 7.20. The first-order chi connectivity index (χ1) is 10.9. The van der Waals surface area contributed by atoms with Gasteiger partial charge in [-0.1, -0.05) is 18.2 Å². The minimum atomic E-state index is -4.63. The number of benzene rings is 1. The summed E-state index contributed by atoms with van der Waals surface area (Å²) in [6.45, 7) is 0.893. The van der Waals surface area contributed by atoms with Crippen molar-refractivity contribution >= 4 is 5.91 Å². The first kappa shape index (κ1) is 15.5. The maximum absolute atomic E-state index is 12.5. The van der Waals surface area contributed by atoms with E-state index in [1.807, 2.05) is 6.07 Å². The van der Waals surface area contributed by atoms with Crippen LogP contribution in [0.2, 0.25) is 0 Å². The van der Waals surface area contributed by atoms with Gasteiger partial charge in [0.05, 0.1) is 0 Å². The largest absolute Gasteiger partial charge is 0.470 e. The molecular formula is C15H14F3N3O2. The van der Waals surface area contributed by atoms with Crippen molar-refractivity contribution in [3.63, 3.8) is 0 Å². The van der Waals surface area contributed by atoms with Gasteiger partial charge in [0, 0.05) is 24.6 Å². The van der Waals surface area contributed by atoms with Crippen LogP contribution in [0.4, 0.5) is 13.2 Å². The summed E-state index contributed by atoms with van der Waals surface area (Å²) in [4.78, 5) is 14.0. The lowest BCUT2D eigenvalue weighted by molar-refractivity contribution is -0.157. The van der Waals surface area contributed by atoms with Crippen molar-refractivity contribution in [2.45, 2.75) is 24.9 Å². The third kappa shape index (κ3) is 3.35. The van der Waals surface area contributed by atoms with Gasteiger partial charge < -0.3 is 9.32 Å². The number of piperidine rings is 1. The van der Waals surface area contributed by atoms with Gasteiger partial charge in [-0.3, -0.25) is 4.79 Å². The maximum atomic E-state index is 12.5. The molecule has 0 radical (unpaired) electrons. The van der Waals surface area contributed by atoms with Crippen molar-refractivity contribution in [2.24, 2.45) is 0 Å². The summed E-state index contributed by atoms with van der Waals surface area (Å²) in [5.74, 6) is -1.66. The minimum absolute atomic E-state index is 0.0101. The highest BCUT2D eigenvalue weighted by molar-refractivity contribution is 5.94. The zero-order valence-electron chi connectivity index (χ0n) is 12.1. The molecule has 0 unspecified atom stereocenters. The predicted molar refractivity (Wildman–Crippen MR) is 73.6 cm³/mol. The van der Waals surface area contributed by atoms with Crippen molar-refractivity contribution in [1.82, 2.24) is 15.1 Å². The van der Waals surface area contributed by atoms with Crippen LogP contribution in [0.25, 0.3) is 0 Å². The summed E-state index contributed by atoms with van der Waals surface area (Å²) in [6, 6.07) is 8.88. The number of hydrogen-bond acceptors (Lipinski definition) is 4. The molecule has 122 valence electrons. The van der Waals surface area contributed by atoms with Crippen LogP contribution < -0.4 is 0 Å². The fourth-order valence-corrected chi connectivity index (χ4v) is 2.61. The second kappa shape index (κ2) is 6.02. The fourth-order valence-electron chi connectivity index (χ4n) is 2.61. The Bertz CT molecular complexity index is 677. The molecule has 1 aliphatic heterocycles. The molecule has 0 N–H and O–H groups in total. The molecule has 5 nitrogen and oxygen atoms in total. The van der Waals surface area contributed by atoms with E-state index in [2.05, 4.69) is 10.2 Å². The van der Waals surface area contributed by atoms with E-state index in [9.17, 15) is 18.0 Å². The number of aromatic nitrogens is 2. The van der Waals surface area contributed by atoms with E-state index in [-0.39, 0.29) is 17.7 Å². The van der Waals surface area contributed by atoms with Crippen LogP contribution >= 0.6 is 0 Å². The van der Waals surface area contributed by atoms with Crippen LogP contribution in [0.5, 0.6) is 0 Å². The summed E-state index contributed by atoms with van der Waals surface area (Å²) in [5.41, 5.74) is 0.600. The second-order valence-electron chi connectivity index (χ2n) is 5.38. The molecule has 1 aromatic heterocycles. The molecule has 2 aromatic rings. The Morgan fingerprint density at radius 3 is 2.35 bits per heavy atom. The molecule has 0 atom stereocenters. The Balaban J connectivity index is 1.62. The van der Waals surface area contributed by atoms with Crippen molar-refractivity contribution in [3.8, 4) is 0 Å². The summed E-state index contributed by atoms with van der Waals surface area (Å²) in [5, 5.41) is 6.54. The Morgan fingerprint density at radius 1 is 1.13 bits per heavy atom. The van der Waals surface area contributed by atoms with E-state index in [1.54, 1.807) is 29.2 Å². The van der Waals surface area contributed by atoms with E-state index < -0.39 is 12.1 Å². The van der Waals surface area contributed by atoms with Crippen molar-refractivity contribution < 1.29 is 22.4 Å². The highest BCUT2D eigenvalue weighted by Crippen LogP contribution is 2.32. The van der Waals surface area contributed by atoms with Gasteiger partial charge in [0.2, 0.25) is 5.89 Å². The molecule has 2 heterocycles. The van der Waals surface area contributed by atoms with Gasteiger partial charge in [-0.05, 0) is 25.0 Å². The van der Waals surface area contributed by atoms with E-state index >= 15 is 0 Å². The zero-order chi connectivity index (χ0) is 16.4. The van der Waals surface area contributed by atoms with Crippen LogP contribution in [0.1, 0.15) is 40.9 Å². The molecule has 0 bridgehead atoms. The molecule has 1 saturated heterocycles. The molecule has 0 spiro atoms. The average molecular weight is 325 g/mol. The molecule has 1 aromatic carbocycles. The molecule has 3 rings (SSSR count). The standard InChI is InChI=1S/C15H14F3N3O2/c16-15(17,18)14-20-19-12(23-14)10-6-8-21(9-7-10)13(22)11-4-2-1-3-5-11/h1-5,10H,6-9H2. The number of hydrogen-bond donors (Lipinski definition) is 0. The topological polar surface area (TPSA) is 59.2 Å². The second-order valence-corrected chi connectivity index (χ2v) is 5.38. The van der Waals surface area contributed by atoms with Gasteiger partial charge in [0.1, 0.15) is 0 Å². The number of amides is 1. The van der Waals surface area contributed by atoms with Gasteiger partial charge in [0.25, 0.3) is 5.91 Å². The lowest BCUT2D eigenvalue weighted by Gasteiger charge is -2.30. The SMILES string of the molecule is O=C(c1ccccc1)N1CCC(c2nnc(C(F)(F)F)o2)CC1. The van der Waals surface area contributed by atoms with Crippen LogP contribution in [0.15, 0.2) is 34.7 Å². The van der Waals surface area contributed by atoms with Gasteiger partial charge in [0.15, 0.2) is 0 Å². The van der Waals surface area contributed by atoms with E-state index in [4.69, 9.17) is 4.42 Å². The molecule has 23 heavy (non-hydrogen) atoms. The third-order valence-electron chi connectivity index (χ3n) is 3.84. The predicted octanol–water partition coefficient (Wildman–Crippen LogP) is 3.11. The summed E-state index contributed by atoms with van der Waals surface area (Å²) < 4.78 is 42.1. The van der Waals surface area contributed by atoms with Gasteiger partial charge in [-0.15, -0.1) is 10.2 Å². The molecule has 8 heteroatoms. The van der Waals surface area contributed by atoms with Crippen LogP contribution in [0.3, 0.4) is 0 Å². The minimum Gasteiger partial charge on any atom is -0.417 e. The average Bonchev–Trinajstić information content (AvgIpc) is 3.05. The highest BCUT2D eigenvalue weighted by Gasteiger charge is 2.39. The number of halogens is 3. The first-order valence-corrected chi connectivity index (χ1v) is 7.20. The molecule has 1 aliphatic rings. The van der Waals surface area contributed by atoms with E-state index in [0.29, 0.717) is 31.5 Å². The fraction of sp³-hybridized carbons (Fsp3) is 0.400. The summed E-state index contributed by atoms with van der Waals surface area (Å²) >= 11 is 0. The molecular weight excluding hydrogens is 311 g/mol. The number of alkyl halides is 3. The zero-order valence-corrected chi connectivity index (χ0v) is 12.1. The lowest BCUT2D eigenvalue weighted by atomic mass is 9.96. The van der Waals surface area contributed by atoms with Crippen LogP contribution in [-0.2, 0) is 6.18 Å². The van der Waals surface area contributed by atoms with Gasteiger partial charge >= 0.3 is 12.1 Å². The maximum Gasteiger partial charge on any atom is 0.470 e. The van der Waals surface area contributed by atoms with Crippen LogP contribution in [0, 0.1) is 0 Å². The number of likely N-dealkylation sites (tertiary alicyclic amines) is 1. The Hall–Kier alpha value is -2.38. The molecule has 1 amide bonds. The Labute approximate surface area is 130 Å². The molecule has 1 fully saturated rings. The van der Waals surface area contributed by atoms with Gasteiger partial charge in [-0.25, -0.2) is 0 Å². The molecule has 0 saturated carbocycles. The van der Waals surface area contributed by atoms with E-state index in [1.165, 1.54) is 0 Å². The smallest absolute Gasteiger partial charge is 0.417 e. The van der Waals surface area contributed by atoms with Crippen molar-refractivity contribution in [2.75, 3.05) is 13.1 Å². The van der Waals surface area contributed by atoms with Crippen LogP contribution in [-0.4, -0.2) is 34.1 Å². The monoisotopic (exact) mass is 325 g/mol. The number of carbonyl (C=O) groups excluding carboxylic acids is 1. The molecule has 0 aliphatic carbocycles. The summed E-state index contributed by atoms with van der Waals surface area (Å²) in [6.07, 6.45) is -3.63. The lowest BCUT2D eigenvalue weighted by Crippen LogP contribution is -2.37. The number of carbonyl (C=O) groups is 1. The normalized spacial score (nSPS) is 16.6. The van der Waals surface area contributed by atoms with Crippen molar-refractivity contribution in [1.29, 1.82) is 0 Å². The Kier molecular flexibility index (Phi) is 4.06. The quantitative estimate of drug-likeness (QED) is 0.851. The van der Waals surface area contributed by atoms with Gasteiger partial charge in [-0.2, -0.15) is 13.2 Å². The highest BCUT2D eigenvalue weighted by atomic mass is 19.4. The van der Waals surface area contributed by atoms with E-state index in [0.717, 1.165) is 0 Å². The summed E-state index contributed by atoms with van der Waals surface area (Å²) in [7, 11) is 0. The Morgan fingerprint density at radius 2 is 1.78 bits per heavy atom. The number of rotatable bonds is 2. The third-order valence-corrected chi connectivity index (χ3v) is 3.84. The number of nitrogens with zero attached hydrogens (tertiary/aromatic N) is 3.